The van der Waals surface area contributed by atoms with Gasteiger partial charge in [-0.2, -0.15) is 15.0 Å². The predicted octanol–water partition coefficient (Wildman–Crippen LogP) is 2.47. The summed E-state index contributed by atoms with van der Waals surface area (Å²) in [4.78, 5) is 48.7. The van der Waals surface area contributed by atoms with E-state index in [1.807, 2.05) is 29.2 Å². The number of carbonyl (C=O) groups is 2. The number of aromatic nitrogens is 4. The van der Waals surface area contributed by atoms with Gasteiger partial charge in [0.05, 0.1) is 13.2 Å². The lowest BCUT2D eigenvalue weighted by molar-refractivity contribution is -0.128. The van der Waals surface area contributed by atoms with Crippen molar-refractivity contribution in [2.24, 2.45) is 0 Å². The quantitative estimate of drug-likeness (QED) is 0.524. The van der Waals surface area contributed by atoms with Gasteiger partial charge < -0.3 is 30.1 Å². The van der Waals surface area contributed by atoms with Crippen molar-refractivity contribution in [2.45, 2.75) is 13.3 Å². The minimum absolute atomic E-state index is 0.0837. The number of rotatable bonds is 5. The molecule has 0 bridgehead atoms. The van der Waals surface area contributed by atoms with Crippen molar-refractivity contribution >= 4 is 35.2 Å². The van der Waals surface area contributed by atoms with E-state index in [0.717, 1.165) is 25.1 Å². The van der Waals surface area contributed by atoms with Crippen LogP contribution in [0.5, 0.6) is 0 Å². The van der Waals surface area contributed by atoms with E-state index in [0.29, 0.717) is 68.5 Å². The zero-order valence-electron chi connectivity index (χ0n) is 21.3. The second-order valence-electron chi connectivity index (χ2n) is 9.10. The third-order valence-corrected chi connectivity index (χ3v) is 6.47. The van der Waals surface area contributed by atoms with Crippen molar-refractivity contribution in [3.8, 4) is 11.4 Å². The number of anilines is 4. The third-order valence-electron chi connectivity index (χ3n) is 6.47. The number of ether oxygens (including phenoxy) is 1. The van der Waals surface area contributed by atoms with Crippen molar-refractivity contribution in [2.75, 3.05) is 72.9 Å². The molecule has 4 heterocycles. The highest BCUT2D eigenvalue weighted by atomic mass is 16.5. The highest BCUT2D eigenvalue weighted by Gasteiger charge is 2.22. The Hall–Kier alpha value is -4.32. The molecule has 198 valence electrons. The fourth-order valence-corrected chi connectivity index (χ4v) is 4.39. The molecule has 1 aromatic carbocycles. The molecular formula is C26H31N9O3. The van der Waals surface area contributed by atoms with E-state index in [1.54, 1.807) is 31.5 Å². The van der Waals surface area contributed by atoms with Crippen LogP contribution >= 0.6 is 0 Å². The van der Waals surface area contributed by atoms with Crippen molar-refractivity contribution in [3.63, 3.8) is 0 Å². The van der Waals surface area contributed by atoms with Crippen molar-refractivity contribution < 1.29 is 14.3 Å². The SMILES string of the molecule is CC(=O)N1CCCN(c2nc(-c3ccc(NC(=O)Nc4ccncc4)cc3)nc(N3CCOCC3)n2)CC1. The lowest BCUT2D eigenvalue weighted by Crippen LogP contribution is -2.38. The monoisotopic (exact) mass is 517 g/mol. The molecule has 12 heteroatoms. The molecule has 38 heavy (non-hydrogen) atoms. The van der Waals surface area contributed by atoms with Crippen molar-refractivity contribution in [3.05, 3.63) is 48.8 Å². The molecule has 0 aliphatic carbocycles. The maximum atomic E-state index is 12.3. The van der Waals surface area contributed by atoms with Crippen LogP contribution < -0.4 is 20.4 Å². The Morgan fingerprint density at radius 2 is 1.39 bits per heavy atom. The van der Waals surface area contributed by atoms with E-state index in [-0.39, 0.29) is 11.9 Å². The van der Waals surface area contributed by atoms with Crippen LogP contribution in [0, 0.1) is 0 Å². The molecule has 2 saturated heterocycles. The van der Waals surface area contributed by atoms with Crippen LogP contribution in [0.1, 0.15) is 13.3 Å². The Balaban J connectivity index is 1.36. The van der Waals surface area contributed by atoms with Gasteiger partial charge in [-0.3, -0.25) is 9.78 Å². The maximum Gasteiger partial charge on any atom is 0.323 e. The normalized spacial score (nSPS) is 16.1. The number of pyridine rings is 1. The lowest BCUT2D eigenvalue weighted by Gasteiger charge is -2.28. The number of amides is 3. The number of hydrogen-bond acceptors (Lipinski definition) is 9. The summed E-state index contributed by atoms with van der Waals surface area (Å²) in [5.74, 6) is 1.85. The summed E-state index contributed by atoms with van der Waals surface area (Å²) in [5.41, 5.74) is 2.10. The second-order valence-corrected chi connectivity index (χ2v) is 9.10. The molecule has 0 atom stereocenters. The summed E-state index contributed by atoms with van der Waals surface area (Å²) in [6.07, 6.45) is 4.07. The topological polar surface area (TPSA) is 129 Å². The minimum atomic E-state index is -0.346. The molecule has 0 saturated carbocycles. The summed E-state index contributed by atoms with van der Waals surface area (Å²) in [6.45, 7) is 7.02. The Morgan fingerprint density at radius 3 is 2.05 bits per heavy atom. The fourth-order valence-electron chi connectivity index (χ4n) is 4.39. The van der Waals surface area contributed by atoms with Gasteiger partial charge in [-0.25, -0.2) is 4.79 Å². The summed E-state index contributed by atoms with van der Waals surface area (Å²) in [5, 5.41) is 5.60. The van der Waals surface area contributed by atoms with Gasteiger partial charge >= 0.3 is 6.03 Å². The highest BCUT2D eigenvalue weighted by molar-refractivity contribution is 5.99. The van der Waals surface area contributed by atoms with Gasteiger partial charge in [0, 0.05) is 75.5 Å². The van der Waals surface area contributed by atoms with E-state index < -0.39 is 0 Å². The van der Waals surface area contributed by atoms with Gasteiger partial charge in [0.25, 0.3) is 0 Å². The Kier molecular flexibility index (Phi) is 7.88. The molecule has 2 aliphatic heterocycles. The zero-order chi connectivity index (χ0) is 26.3. The number of morpholine rings is 1. The number of urea groups is 1. The Morgan fingerprint density at radius 1 is 0.763 bits per heavy atom. The molecule has 2 fully saturated rings. The van der Waals surface area contributed by atoms with Crippen molar-refractivity contribution in [1.82, 2.24) is 24.8 Å². The van der Waals surface area contributed by atoms with E-state index in [4.69, 9.17) is 19.7 Å². The third kappa shape index (κ3) is 6.32. The van der Waals surface area contributed by atoms with Crippen LogP contribution in [0.15, 0.2) is 48.8 Å². The van der Waals surface area contributed by atoms with E-state index >= 15 is 0 Å². The number of nitrogens with one attached hydrogen (secondary N) is 2. The van der Waals surface area contributed by atoms with Crippen LogP contribution in [0.2, 0.25) is 0 Å². The number of nitrogens with zero attached hydrogens (tertiary/aromatic N) is 7. The number of carbonyl (C=O) groups excluding carboxylic acids is 2. The summed E-state index contributed by atoms with van der Waals surface area (Å²) < 4.78 is 5.51. The highest BCUT2D eigenvalue weighted by Crippen LogP contribution is 2.24. The summed E-state index contributed by atoms with van der Waals surface area (Å²) in [7, 11) is 0. The fraction of sp³-hybridized carbons (Fsp3) is 0.385. The first-order chi connectivity index (χ1) is 18.5. The Labute approximate surface area is 221 Å². The van der Waals surface area contributed by atoms with Crippen LogP contribution in [-0.4, -0.2) is 89.3 Å². The Bertz CT molecular complexity index is 1250. The maximum absolute atomic E-state index is 12.3. The average molecular weight is 518 g/mol. The van der Waals surface area contributed by atoms with Crippen molar-refractivity contribution in [1.29, 1.82) is 0 Å². The molecule has 12 nitrogen and oxygen atoms in total. The number of hydrogen-bond donors (Lipinski definition) is 2. The van der Waals surface area contributed by atoms with Crippen LogP contribution in [0.3, 0.4) is 0 Å². The summed E-state index contributed by atoms with van der Waals surface area (Å²) >= 11 is 0. The molecule has 2 N–H and O–H groups in total. The molecular weight excluding hydrogens is 486 g/mol. The van der Waals surface area contributed by atoms with Crippen LogP contribution in [0.4, 0.5) is 28.1 Å². The van der Waals surface area contributed by atoms with E-state index in [1.165, 1.54) is 0 Å². The molecule has 0 unspecified atom stereocenters. The molecule has 3 amide bonds. The van der Waals surface area contributed by atoms with Crippen LogP contribution in [-0.2, 0) is 9.53 Å². The standard InChI is InChI=1S/C26H31N9O3/c1-19(36)33-11-2-12-34(14-13-33)24-30-23(31-25(32-24)35-15-17-38-18-16-35)20-3-5-21(6-4-20)28-26(37)29-22-7-9-27-10-8-22/h3-10H,2,11-18H2,1H3,(H2,27,28,29,37). The lowest BCUT2D eigenvalue weighted by atomic mass is 10.2. The van der Waals surface area contributed by atoms with E-state index in [2.05, 4.69) is 25.4 Å². The van der Waals surface area contributed by atoms with Gasteiger partial charge in [-0.15, -0.1) is 0 Å². The number of benzene rings is 1. The predicted molar refractivity (Wildman–Crippen MR) is 144 cm³/mol. The largest absolute Gasteiger partial charge is 0.378 e. The zero-order valence-corrected chi connectivity index (χ0v) is 21.3. The van der Waals surface area contributed by atoms with Gasteiger partial charge in [0.15, 0.2) is 5.82 Å². The van der Waals surface area contributed by atoms with Gasteiger partial charge in [0.1, 0.15) is 0 Å². The van der Waals surface area contributed by atoms with E-state index in [9.17, 15) is 9.59 Å². The van der Waals surface area contributed by atoms with Gasteiger partial charge in [-0.1, -0.05) is 0 Å². The van der Waals surface area contributed by atoms with Gasteiger partial charge in [-0.05, 0) is 42.8 Å². The second kappa shape index (κ2) is 11.8. The molecule has 0 radical (unpaired) electrons. The molecule has 3 aromatic rings. The first-order valence-corrected chi connectivity index (χ1v) is 12.7. The van der Waals surface area contributed by atoms with Gasteiger partial charge in [0.2, 0.25) is 17.8 Å². The average Bonchev–Trinajstić information content (AvgIpc) is 3.21. The molecule has 2 aliphatic rings. The smallest absolute Gasteiger partial charge is 0.323 e. The molecule has 0 spiro atoms. The minimum Gasteiger partial charge on any atom is -0.378 e. The molecule has 2 aromatic heterocycles. The first kappa shape index (κ1) is 25.3. The van der Waals surface area contributed by atoms with Crippen LogP contribution in [0.25, 0.3) is 11.4 Å². The first-order valence-electron chi connectivity index (χ1n) is 12.7. The summed E-state index contributed by atoms with van der Waals surface area (Å²) in [6, 6.07) is 10.5. The molecule has 5 rings (SSSR count).